The zero-order chi connectivity index (χ0) is 13.9. The maximum Gasteiger partial charge on any atom is 0.416 e. The molecule has 1 aromatic rings. The van der Waals surface area contributed by atoms with Crippen LogP contribution in [0.5, 0.6) is 0 Å². The molecule has 0 saturated heterocycles. The molecule has 0 saturated carbocycles. The highest BCUT2D eigenvalue weighted by atomic mass is 19.4. The van der Waals surface area contributed by atoms with Crippen LogP contribution < -0.4 is 0 Å². The monoisotopic (exact) mass is 266 g/mol. The molecule has 1 N–H and O–H groups in total. The highest BCUT2D eigenvalue weighted by Gasteiger charge is 2.30. The van der Waals surface area contributed by atoms with Gasteiger partial charge in [0.25, 0.3) is 0 Å². The lowest BCUT2D eigenvalue weighted by molar-refractivity contribution is -0.137. The molecular weight excluding hydrogens is 253 g/mol. The van der Waals surface area contributed by atoms with Crippen molar-refractivity contribution in [1.29, 1.82) is 0 Å². The second kappa shape index (κ2) is 5.45. The quantitative estimate of drug-likeness (QED) is 0.858. The van der Waals surface area contributed by atoms with Crippen LogP contribution in [0.1, 0.15) is 17.5 Å². The summed E-state index contributed by atoms with van der Waals surface area (Å²) >= 11 is 0. The van der Waals surface area contributed by atoms with Crippen molar-refractivity contribution in [2.45, 2.75) is 12.6 Å². The molecule has 0 amide bonds. The Balaban J connectivity index is 2.38. The Hall–Kier alpha value is -1.81. The number of hydrogen-bond acceptors (Lipinski definition) is 1. The van der Waals surface area contributed by atoms with Gasteiger partial charge in [-0.05, 0) is 35.3 Å². The summed E-state index contributed by atoms with van der Waals surface area (Å²) in [6.07, 6.45) is 3.61. The van der Waals surface area contributed by atoms with Crippen molar-refractivity contribution in [3.8, 4) is 0 Å². The molecule has 0 radical (unpaired) electrons. The summed E-state index contributed by atoms with van der Waals surface area (Å²) in [7, 11) is 0. The summed E-state index contributed by atoms with van der Waals surface area (Å²) in [6.45, 7) is -0.130. The molecule has 0 fully saturated rings. The second-order valence-electron chi connectivity index (χ2n) is 4.23. The average Bonchev–Trinajstić information content (AvgIpc) is 2.62. The van der Waals surface area contributed by atoms with E-state index in [2.05, 4.69) is 0 Å². The molecule has 19 heavy (non-hydrogen) atoms. The summed E-state index contributed by atoms with van der Waals surface area (Å²) in [5, 5.41) is 9.31. The van der Waals surface area contributed by atoms with Gasteiger partial charge in [0.15, 0.2) is 0 Å². The van der Waals surface area contributed by atoms with Gasteiger partial charge in [0.05, 0.1) is 12.2 Å². The van der Waals surface area contributed by atoms with E-state index < -0.39 is 11.7 Å². The summed E-state index contributed by atoms with van der Waals surface area (Å²) in [4.78, 5) is 0. The first-order valence-electron chi connectivity index (χ1n) is 5.86. The molecule has 0 heterocycles. The van der Waals surface area contributed by atoms with Gasteiger partial charge in [0, 0.05) is 0 Å². The smallest absolute Gasteiger partial charge is 0.392 e. The first kappa shape index (κ1) is 13.6. The van der Waals surface area contributed by atoms with Gasteiger partial charge in [-0.15, -0.1) is 0 Å². The third-order valence-electron chi connectivity index (χ3n) is 2.99. The molecule has 0 aromatic heterocycles. The molecule has 0 spiro atoms. The Morgan fingerprint density at radius 2 is 1.74 bits per heavy atom. The minimum absolute atomic E-state index is 0.130. The highest BCUT2D eigenvalue weighted by molar-refractivity contribution is 5.73. The van der Waals surface area contributed by atoms with Gasteiger partial charge in [-0.3, -0.25) is 0 Å². The molecule has 0 unspecified atom stereocenters. The van der Waals surface area contributed by atoms with Crippen LogP contribution in [0.15, 0.2) is 54.1 Å². The second-order valence-corrected chi connectivity index (χ2v) is 4.23. The number of halogens is 3. The molecule has 1 nitrogen and oxygen atoms in total. The van der Waals surface area contributed by atoms with Crippen molar-refractivity contribution < 1.29 is 18.3 Å². The Labute approximate surface area is 109 Å². The SMILES string of the molecule is OCC1=C(c2ccc(C(F)(F)F)cc2)CC=CC=C1. The van der Waals surface area contributed by atoms with Crippen LogP contribution in [-0.4, -0.2) is 11.7 Å². The molecule has 2 rings (SSSR count). The van der Waals surface area contributed by atoms with Crippen molar-refractivity contribution >= 4 is 5.57 Å². The largest absolute Gasteiger partial charge is 0.416 e. The van der Waals surface area contributed by atoms with Crippen LogP contribution in [0.4, 0.5) is 13.2 Å². The molecule has 0 bridgehead atoms. The Bertz CT molecular complexity index is 534. The Morgan fingerprint density at radius 3 is 2.32 bits per heavy atom. The third kappa shape index (κ3) is 3.15. The molecule has 0 aliphatic heterocycles. The molecule has 1 aliphatic carbocycles. The number of alkyl halides is 3. The van der Waals surface area contributed by atoms with Crippen molar-refractivity contribution in [1.82, 2.24) is 0 Å². The first-order valence-corrected chi connectivity index (χ1v) is 5.86. The Morgan fingerprint density at radius 1 is 1.05 bits per heavy atom. The van der Waals surface area contributed by atoms with Gasteiger partial charge in [0.2, 0.25) is 0 Å². The molecule has 1 aliphatic rings. The fourth-order valence-electron chi connectivity index (χ4n) is 1.98. The minimum atomic E-state index is -4.32. The number of aliphatic hydroxyl groups is 1. The van der Waals surface area contributed by atoms with E-state index in [0.29, 0.717) is 12.0 Å². The van der Waals surface area contributed by atoms with Crippen molar-refractivity contribution in [2.75, 3.05) is 6.61 Å². The number of hydrogen-bond donors (Lipinski definition) is 1. The molecule has 100 valence electrons. The van der Waals surface area contributed by atoms with E-state index >= 15 is 0 Å². The fraction of sp³-hybridized carbons (Fsp3) is 0.200. The van der Waals surface area contributed by atoms with Crippen LogP contribution in [0.3, 0.4) is 0 Å². The van der Waals surface area contributed by atoms with E-state index in [9.17, 15) is 18.3 Å². The van der Waals surface area contributed by atoms with Crippen molar-refractivity contribution in [2.24, 2.45) is 0 Å². The van der Waals surface area contributed by atoms with Crippen LogP contribution in [0.2, 0.25) is 0 Å². The number of rotatable bonds is 2. The van der Waals surface area contributed by atoms with Gasteiger partial charge in [-0.2, -0.15) is 13.2 Å². The lowest BCUT2D eigenvalue weighted by atomic mass is 9.96. The predicted molar refractivity (Wildman–Crippen MR) is 68.3 cm³/mol. The van der Waals surface area contributed by atoms with Gasteiger partial charge >= 0.3 is 6.18 Å². The molecule has 1 aromatic carbocycles. The van der Waals surface area contributed by atoms with Crippen LogP contribution in [0.25, 0.3) is 5.57 Å². The first-order chi connectivity index (χ1) is 9.02. The van der Waals surface area contributed by atoms with Gasteiger partial charge in [0.1, 0.15) is 0 Å². The standard InChI is InChI=1S/C15H13F3O/c16-15(17,18)13-8-6-11(7-9-13)14-5-3-1-2-4-12(14)10-19/h1-4,6-9,19H,5,10H2. The zero-order valence-corrected chi connectivity index (χ0v) is 10.1. The third-order valence-corrected chi connectivity index (χ3v) is 2.99. The predicted octanol–water partition coefficient (Wildman–Crippen LogP) is 3.97. The average molecular weight is 266 g/mol. The number of aliphatic hydroxyl groups excluding tert-OH is 1. The van der Waals surface area contributed by atoms with Crippen molar-refractivity contribution in [3.63, 3.8) is 0 Å². The molecule has 0 atom stereocenters. The molecule has 4 heteroatoms. The van der Waals surface area contributed by atoms with E-state index in [1.807, 2.05) is 18.2 Å². The number of allylic oxidation sites excluding steroid dienone is 4. The van der Waals surface area contributed by atoms with E-state index in [0.717, 1.165) is 23.3 Å². The van der Waals surface area contributed by atoms with E-state index in [1.54, 1.807) is 6.08 Å². The van der Waals surface area contributed by atoms with Crippen LogP contribution in [-0.2, 0) is 6.18 Å². The van der Waals surface area contributed by atoms with Gasteiger partial charge < -0.3 is 5.11 Å². The lowest BCUT2D eigenvalue weighted by Gasteiger charge is -2.11. The summed E-state index contributed by atoms with van der Waals surface area (Å²) in [5.41, 5.74) is 1.61. The molecular formula is C15H13F3O. The van der Waals surface area contributed by atoms with Crippen molar-refractivity contribution in [3.05, 3.63) is 65.3 Å². The maximum atomic E-state index is 12.5. The van der Waals surface area contributed by atoms with E-state index in [4.69, 9.17) is 0 Å². The fourth-order valence-corrected chi connectivity index (χ4v) is 1.98. The summed E-state index contributed by atoms with van der Waals surface area (Å²) in [6, 6.07) is 5.02. The highest BCUT2D eigenvalue weighted by Crippen LogP contribution is 2.31. The van der Waals surface area contributed by atoms with E-state index in [1.165, 1.54) is 12.1 Å². The Kier molecular flexibility index (Phi) is 3.90. The van der Waals surface area contributed by atoms with E-state index in [-0.39, 0.29) is 6.61 Å². The van der Waals surface area contributed by atoms with Crippen LogP contribution in [0, 0.1) is 0 Å². The van der Waals surface area contributed by atoms with Gasteiger partial charge in [-0.25, -0.2) is 0 Å². The normalized spacial score (nSPS) is 15.8. The zero-order valence-electron chi connectivity index (χ0n) is 10.1. The number of benzene rings is 1. The lowest BCUT2D eigenvalue weighted by Crippen LogP contribution is -2.04. The van der Waals surface area contributed by atoms with Gasteiger partial charge in [-0.1, -0.05) is 36.4 Å². The van der Waals surface area contributed by atoms with Crippen LogP contribution >= 0.6 is 0 Å². The summed E-state index contributed by atoms with van der Waals surface area (Å²) < 4.78 is 37.5. The minimum Gasteiger partial charge on any atom is -0.392 e. The summed E-state index contributed by atoms with van der Waals surface area (Å²) in [5.74, 6) is 0. The maximum absolute atomic E-state index is 12.5. The topological polar surface area (TPSA) is 20.2 Å².